The predicted molar refractivity (Wildman–Crippen MR) is 38.1 cm³/mol. The van der Waals surface area contributed by atoms with Crippen LogP contribution < -0.4 is 11.5 Å². The van der Waals surface area contributed by atoms with Gasteiger partial charge in [-0.1, -0.05) is 0 Å². The number of hydrogen-bond acceptors (Lipinski definition) is 2. The van der Waals surface area contributed by atoms with Crippen molar-refractivity contribution in [3.8, 4) is 0 Å². The van der Waals surface area contributed by atoms with Crippen LogP contribution in [-0.4, -0.2) is 10.9 Å². The Hall–Kier alpha value is -1.45. The molecule has 5 N–H and O–H groups in total. The fourth-order valence-corrected chi connectivity index (χ4v) is 0.750. The molecule has 0 saturated heterocycles. The van der Waals surface area contributed by atoms with E-state index in [1.54, 1.807) is 12.3 Å². The summed E-state index contributed by atoms with van der Waals surface area (Å²) in [5, 5.41) is 0. The molecule has 4 heteroatoms. The minimum absolute atomic E-state index is 0.219. The van der Waals surface area contributed by atoms with Crippen LogP contribution in [0.15, 0.2) is 12.3 Å². The number of nitrogens with two attached hydrogens (primary N) is 2. The number of nitrogens with one attached hydrogen (secondary N) is 1. The Morgan fingerprint density at radius 1 is 1.70 bits per heavy atom. The minimum Gasteiger partial charge on any atom is -0.397 e. The second-order valence-corrected chi connectivity index (χ2v) is 2.10. The Kier molecular flexibility index (Phi) is 1.62. The van der Waals surface area contributed by atoms with E-state index in [1.165, 1.54) is 0 Å². The summed E-state index contributed by atoms with van der Waals surface area (Å²) in [6.07, 6.45) is 1.84. The zero-order chi connectivity index (χ0) is 7.56. The molecule has 0 bridgehead atoms. The standard InChI is InChI=1S/C6H9N3O/c7-4-1-5(9-3-4)2-6(8)10/h1,3,9H,2,7H2,(H2,8,10). The molecular formula is C6H9N3O. The highest BCUT2D eigenvalue weighted by Gasteiger charge is 1.98. The van der Waals surface area contributed by atoms with Gasteiger partial charge in [-0.25, -0.2) is 0 Å². The van der Waals surface area contributed by atoms with Gasteiger partial charge in [0.2, 0.25) is 5.91 Å². The third-order valence-corrected chi connectivity index (χ3v) is 1.13. The largest absolute Gasteiger partial charge is 0.397 e. The van der Waals surface area contributed by atoms with E-state index in [1.807, 2.05) is 0 Å². The molecule has 0 aliphatic carbocycles. The molecule has 1 amide bonds. The molecule has 0 spiro atoms. The first-order valence-electron chi connectivity index (χ1n) is 2.89. The lowest BCUT2D eigenvalue weighted by atomic mass is 10.3. The van der Waals surface area contributed by atoms with Gasteiger partial charge in [0.15, 0.2) is 0 Å². The lowest BCUT2D eigenvalue weighted by Gasteiger charge is -1.88. The average molecular weight is 139 g/mol. The predicted octanol–water partition coefficient (Wildman–Crippen LogP) is -0.375. The van der Waals surface area contributed by atoms with Gasteiger partial charge in [0, 0.05) is 17.6 Å². The smallest absolute Gasteiger partial charge is 0.223 e. The van der Waals surface area contributed by atoms with Crippen molar-refractivity contribution in [3.05, 3.63) is 18.0 Å². The van der Waals surface area contributed by atoms with Crippen LogP contribution in [0.25, 0.3) is 0 Å². The van der Waals surface area contributed by atoms with E-state index in [4.69, 9.17) is 11.5 Å². The highest BCUT2D eigenvalue weighted by Crippen LogP contribution is 2.03. The number of nitrogen functional groups attached to an aromatic ring is 1. The number of rotatable bonds is 2. The van der Waals surface area contributed by atoms with Gasteiger partial charge < -0.3 is 16.5 Å². The van der Waals surface area contributed by atoms with Crippen molar-refractivity contribution in [1.82, 2.24) is 4.98 Å². The van der Waals surface area contributed by atoms with E-state index in [0.29, 0.717) is 5.69 Å². The zero-order valence-electron chi connectivity index (χ0n) is 5.42. The number of anilines is 1. The van der Waals surface area contributed by atoms with E-state index in [9.17, 15) is 4.79 Å². The number of amides is 1. The summed E-state index contributed by atoms with van der Waals surface area (Å²) in [7, 11) is 0. The van der Waals surface area contributed by atoms with Crippen molar-refractivity contribution >= 4 is 11.6 Å². The van der Waals surface area contributed by atoms with Crippen LogP contribution >= 0.6 is 0 Å². The second-order valence-electron chi connectivity index (χ2n) is 2.10. The molecule has 4 nitrogen and oxygen atoms in total. The van der Waals surface area contributed by atoms with Gasteiger partial charge in [-0.3, -0.25) is 4.79 Å². The summed E-state index contributed by atoms with van der Waals surface area (Å²) in [6, 6.07) is 1.69. The van der Waals surface area contributed by atoms with E-state index in [-0.39, 0.29) is 12.3 Å². The van der Waals surface area contributed by atoms with Crippen molar-refractivity contribution in [1.29, 1.82) is 0 Å². The first-order valence-corrected chi connectivity index (χ1v) is 2.89. The number of hydrogen-bond donors (Lipinski definition) is 3. The Balaban J connectivity index is 2.67. The molecule has 54 valence electrons. The summed E-state index contributed by atoms with van der Waals surface area (Å²) >= 11 is 0. The molecule has 0 aromatic carbocycles. The summed E-state index contributed by atoms with van der Waals surface area (Å²) in [6.45, 7) is 0. The van der Waals surface area contributed by atoms with Crippen molar-refractivity contribution in [2.24, 2.45) is 5.73 Å². The molecule has 0 fully saturated rings. The van der Waals surface area contributed by atoms with Crippen molar-refractivity contribution in [3.63, 3.8) is 0 Å². The van der Waals surface area contributed by atoms with Gasteiger partial charge in [0.25, 0.3) is 0 Å². The van der Waals surface area contributed by atoms with E-state index >= 15 is 0 Å². The summed E-state index contributed by atoms with van der Waals surface area (Å²) < 4.78 is 0. The maximum Gasteiger partial charge on any atom is 0.223 e. The number of H-pyrrole nitrogens is 1. The average Bonchev–Trinajstić information content (AvgIpc) is 2.13. The molecule has 1 rings (SSSR count). The second kappa shape index (κ2) is 2.43. The first-order chi connectivity index (χ1) is 4.68. The molecule has 1 aromatic rings. The number of carbonyl (C=O) groups is 1. The molecule has 0 saturated carbocycles. The van der Waals surface area contributed by atoms with Gasteiger partial charge >= 0.3 is 0 Å². The molecule has 0 radical (unpaired) electrons. The molecule has 1 heterocycles. The van der Waals surface area contributed by atoms with Crippen LogP contribution in [0.2, 0.25) is 0 Å². The Bertz CT molecular complexity index is 241. The third-order valence-electron chi connectivity index (χ3n) is 1.13. The maximum absolute atomic E-state index is 10.3. The van der Waals surface area contributed by atoms with Crippen molar-refractivity contribution < 1.29 is 4.79 Å². The number of aromatic nitrogens is 1. The third kappa shape index (κ3) is 1.51. The number of carbonyl (C=O) groups excluding carboxylic acids is 1. The SMILES string of the molecule is NC(=O)Cc1cc(N)c[nH]1. The summed E-state index contributed by atoms with van der Waals surface area (Å²) in [5.74, 6) is -0.359. The van der Waals surface area contributed by atoms with Crippen LogP contribution in [0, 0.1) is 0 Å². The number of aromatic amines is 1. The van der Waals surface area contributed by atoms with Gasteiger partial charge in [0.05, 0.1) is 6.42 Å². The van der Waals surface area contributed by atoms with Gasteiger partial charge in [-0.15, -0.1) is 0 Å². The van der Waals surface area contributed by atoms with Gasteiger partial charge in [0.1, 0.15) is 0 Å². The molecule has 0 unspecified atom stereocenters. The van der Waals surface area contributed by atoms with E-state index in [2.05, 4.69) is 4.98 Å². The molecule has 0 aliphatic heterocycles. The van der Waals surface area contributed by atoms with Crippen molar-refractivity contribution in [2.75, 3.05) is 5.73 Å². The highest BCUT2D eigenvalue weighted by atomic mass is 16.1. The Morgan fingerprint density at radius 2 is 2.40 bits per heavy atom. The van der Waals surface area contributed by atoms with Gasteiger partial charge in [-0.05, 0) is 6.07 Å². The minimum atomic E-state index is -0.359. The molecule has 0 aliphatic rings. The van der Waals surface area contributed by atoms with Gasteiger partial charge in [-0.2, -0.15) is 0 Å². The summed E-state index contributed by atoms with van der Waals surface area (Å²) in [4.78, 5) is 13.2. The normalized spacial score (nSPS) is 9.60. The Labute approximate surface area is 58.2 Å². The zero-order valence-corrected chi connectivity index (χ0v) is 5.42. The lowest BCUT2D eigenvalue weighted by molar-refractivity contribution is -0.117. The summed E-state index contributed by atoms with van der Waals surface area (Å²) in [5.41, 5.74) is 11.7. The maximum atomic E-state index is 10.3. The monoisotopic (exact) mass is 139 g/mol. The fourth-order valence-electron chi connectivity index (χ4n) is 0.750. The van der Waals surface area contributed by atoms with Crippen LogP contribution in [0.5, 0.6) is 0 Å². The molecule has 10 heavy (non-hydrogen) atoms. The van der Waals surface area contributed by atoms with Crippen LogP contribution in [0.4, 0.5) is 5.69 Å². The highest BCUT2D eigenvalue weighted by molar-refractivity contribution is 5.76. The number of primary amides is 1. The lowest BCUT2D eigenvalue weighted by Crippen LogP contribution is -2.13. The van der Waals surface area contributed by atoms with E-state index in [0.717, 1.165) is 5.69 Å². The van der Waals surface area contributed by atoms with Crippen LogP contribution in [-0.2, 0) is 11.2 Å². The van der Waals surface area contributed by atoms with Crippen LogP contribution in [0.3, 0.4) is 0 Å². The quantitative estimate of drug-likeness (QED) is 0.522. The fraction of sp³-hybridized carbons (Fsp3) is 0.167. The molecular weight excluding hydrogens is 130 g/mol. The first kappa shape index (κ1) is 6.67. The topological polar surface area (TPSA) is 84.9 Å². The van der Waals surface area contributed by atoms with Crippen molar-refractivity contribution in [2.45, 2.75) is 6.42 Å². The Morgan fingerprint density at radius 3 is 2.80 bits per heavy atom. The molecule has 1 aromatic heterocycles. The molecule has 0 atom stereocenters. The van der Waals surface area contributed by atoms with Crippen LogP contribution in [0.1, 0.15) is 5.69 Å². The van der Waals surface area contributed by atoms with E-state index < -0.39 is 0 Å².